The Labute approximate surface area is 232 Å². The van der Waals surface area contributed by atoms with Crippen molar-refractivity contribution in [1.29, 1.82) is 0 Å². The SMILES string of the molecule is CCC(CN1CC[C@@H](CNC(=O)/C=C/c2ccc(Cl)cc2)N[C@@H](CCN2CCCC2)C1=O)c1ccccc1. The maximum atomic E-state index is 13.7. The van der Waals surface area contributed by atoms with Gasteiger partial charge in [0, 0.05) is 49.2 Å². The molecule has 0 aliphatic carbocycles. The Morgan fingerprint density at radius 1 is 1.11 bits per heavy atom. The molecule has 0 bridgehead atoms. The zero-order valence-corrected chi connectivity index (χ0v) is 23.2. The molecule has 4 rings (SSSR count). The molecule has 2 heterocycles. The standard InChI is InChI=1S/C31H41ClN4O2/c1-2-25(26-8-4-3-5-9-26)23-36-21-16-28(34-29(31(36)38)17-20-35-18-6-7-19-35)22-33-30(37)15-12-24-10-13-27(32)14-11-24/h3-5,8-15,25,28-29,34H,2,6-7,16-23H2,1H3,(H,33,37)/b15-12+/t25?,28-,29-/m0/s1. The van der Waals surface area contributed by atoms with E-state index in [0.717, 1.165) is 51.0 Å². The number of hydrogen-bond acceptors (Lipinski definition) is 4. The van der Waals surface area contributed by atoms with Crippen LogP contribution in [0.5, 0.6) is 0 Å². The zero-order chi connectivity index (χ0) is 26.7. The topological polar surface area (TPSA) is 64.7 Å². The van der Waals surface area contributed by atoms with Crippen LogP contribution in [0.4, 0.5) is 0 Å². The number of nitrogens with zero attached hydrogens (tertiary/aromatic N) is 2. The Morgan fingerprint density at radius 2 is 1.84 bits per heavy atom. The first-order chi connectivity index (χ1) is 18.5. The minimum absolute atomic E-state index is 0.0391. The molecule has 2 N–H and O–H groups in total. The summed E-state index contributed by atoms with van der Waals surface area (Å²) in [6.07, 6.45) is 8.39. The quantitative estimate of drug-likeness (QED) is 0.408. The van der Waals surface area contributed by atoms with Crippen molar-refractivity contribution in [1.82, 2.24) is 20.4 Å². The summed E-state index contributed by atoms with van der Waals surface area (Å²) in [5.74, 6) is 0.363. The minimum Gasteiger partial charge on any atom is -0.351 e. The number of carbonyl (C=O) groups excluding carboxylic acids is 2. The van der Waals surface area contributed by atoms with Crippen LogP contribution < -0.4 is 10.6 Å². The number of nitrogens with one attached hydrogen (secondary N) is 2. The molecule has 0 radical (unpaired) electrons. The van der Waals surface area contributed by atoms with E-state index in [1.165, 1.54) is 18.4 Å². The van der Waals surface area contributed by atoms with Crippen molar-refractivity contribution in [2.45, 2.75) is 57.0 Å². The van der Waals surface area contributed by atoms with Gasteiger partial charge in [-0.2, -0.15) is 0 Å². The third kappa shape index (κ3) is 8.42. The zero-order valence-electron chi connectivity index (χ0n) is 22.4. The molecule has 2 aromatic rings. The smallest absolute Gasteiger partial charge is 0.244 e. The molecular weight excluding hydrogens is 496 g/mol. The Morgan fingerprint density at radius 3 is 2.55 bits per heavy atom. The lowest BCUT2D eigenvalue weighted by atomic mass is 9.95. The van der Waals surface area contributed by atoms with E-state index in [9.17, 15) is 9.59 Å². The van der Waals surface area contributed by atoms with Gasteiger partial charge in [0.25, 0.3) is 0 Å². The average molecular weight is 537 g/mol. The number of likely N-dealkylation sites (tertiary alicyclic amines) is 1. The molecule has 2 aromatic carbocycles. The molecule has 204 valence electrons. The lowest BCUT2D eigenvalue weighted by molar-refractivity contribution is -0.133. The third-order valence-electron chi connectivity index (χ3n) is 7.75. The number of rotatable bonds is 11. The molecule has 2 aliphatic rings. The van der Waals surface area contributed by atoms with Crippen molar-refractivity contribution < 1.29 is 9.59 Å². The monoisotopic (exact) mass is 536 g/mol. The van der Waals surface area contributed by atoms with Crippen LogP contribution in [0.15, 0.2) is 60.7 Å². The number of benzene rings is 2. The van der Waals surface area contributed by atoms with Gasteiger partial charge in [-0.3, -0.25) is 9.59 Å². The van der Waals surface area contributed by atoms with Gasteiger partial charge >= 0.3 is 0 Å². The first-order valence-electron chi connectivity index (χ1n) is 14.1. The van der Waals surface area contributed by atoms with E-state index in [1.54, 1.807) is 24.3 Å². The summed E-state index contributed by atoms with van der Waals surface area (Å²) in [6, 6.07) is 17.7. The van der Waals surface area contributed by atoms with Crippen molar-refractivity contribution in [3.63, 3.8) is 0 Å². The molecule has 6 nitrogen and oxygen atoms in total. The Bertz CT molecular complexity index is 1050. The van der Waals surface area contributed by atoms with Crippen molar-refractivity contribution >= 4 is 29.5 Å². The molecule has 2 aliphatic heterocycles. The molecule has 0 spiro atoms. The highest BCUT2D eigenvalue weighted by molar-refractivity contribution is 6.30. The van der Waals surface area contributed by atoms with E-state index >= 15 is 0 Å². The van der Waals surface area contributed by atoms with Crippen LogP contribution in [0.25, 0.3) is 6.08 Å². The van der Waals surface area contributed by atoms with Crippen LogP contribution in [0.3, 0.4) is 0 Å². The van der Waals surface area contributed by atoms with Crippen molar-refractivity contribution in [2.24, 2.45) is 0 Å². The molecule has 1 unspecified atom stereocenters. The van der Waals surface area contributed by atoms with Gasteiger partial charge in [0.05, 0.1) is 6.04 Å². The normalized spacial score (nSPS) is 21.5. The van der Waals surface area contributed by atoms with Crippen molar-refractivity contribution in [3.05, 3.63) is 76.8 Å². The van der Waals surface area contributed by atoms with Crippen LogP contribution in [-0.4, -0.2) is 73.0 Å². The summed E-state index contributed by atoms with van der Waals surface area (Å²) >= 11 is 5.94. The lowest BCUT2D eigenvalue weighted by Crippen LogP contribution is -2.50. The second kappa shape index (κ2) is 14.5. The summed E-state index contributed by atoms with van der Waals surface area (Å²) in [5.41, 5.74) is 2.20. The van der Waals surface area contributed by atoms with Gasteiger partial charge in [0.1, 0.15) is 0 Å². The molecule has 0 aromatic heterocycles. The fourth-order valence-corrected chi connectivity index (χ4v) is 5.56. The van der Waals surface area contributed by atoms with Gasteiger partial charge in [0.2, 0.25) is 11.8 Å². The van der Waals surface area contributed by atoms with Gasteiger partial charge in [-0.05, 0) is 74.5 Å². The summed E-state index contributed by atoms with van der Waals surface area (Å²) in [4.78, 5) is 30.8. The number of halogens is 1. The summed E-state index contributed by atoms with van der Waals surface area (Å²) in [5, 5.41) is 7.32. The van der Waals surface area contributed by atoms with Crippen LogP contribution in [0.2, 0.25) is 5.02 Å². The van der Waals surface area contributed by atoms with Crippen molar-refractivity contribution in [2.75, 3.05) is 39.3 Å². The van der Waals surface area contributed by atoms with Crippen LogP contribution in [0.1, 0.15) is 56.1 Å². The summed E-state index contributed by atoms with van der Waals surface area (Å²) in [7, 11) is 0. The van der Waals surface area contributed by atoms with Gasteiger partial charge in [-0.25, -0.2) is 0 Å². The molecular formula is C31H41ClN4O2. The van der Waals surface area contributed by atoms with E-state index in [-0.39, 0.29) is 23.9 Å². The second-order valence-electron chi connectivity index (χ2n) is 10.5. The van der Waals surface area contributed by atoms with Crippen LogP contribution in [0, 0.1) is 0 Å². The van der Waals surface area contributed by atoms with Crippen LogP contribution >= 0.6 is 11.6 Å². The first-order valence-corrected chi connectivity index (χ1v) is 14.4. The highest BCUT2D eigenvalue weighted by atomic mass is 35.5. The fraction of sp³-hybridized carbons (Fsp3) is 0.484. The Hall–Kier alpha value is -2.67. The fourth-order valence-electron chi connectivity index (χ4n) is 5.44. The molecule has 38 heavy (non-hydrogen) atoms. The number of carbonyl (C=O) groups is 2. The minimum atomic E-state index is -0.238. The number of hydrogen-bond donors (Lipinski definition) is 2. The van der Waals surface area contributed by atoms with E-state index in [1.807, 2.05) is 18.2 Å². The highest BCUT2D eigenvalue weighted by Crippen LogP contribution is 2.23. The second-order valence-corrected chi connectivity index (χ2v) is 10.9. The third-order valence-corrected chi connectivity index (χ3v) is 8.00. The van der Waals surface area contributed by atoms with Gasteiger partial charge in [0.15, 0.2) is 0 Å². The molecule has 0 saturated carbocycles. The lowest BCUT2D eigenvalue weighted by Gasteiger charge is -2.29. The van der Waals surface area contributed by atoms with E-state index in [4.69, 9.17) is 11.6 Å². The Kier molecular flexibility index (Phi) is 10.8. The maximum absolute atomic E-state index is 13.7. The summed E-state index contributed by atoms with van der Waals surface area (Å²) < 4.78 is 0. The van der Waals surface area contributed by atoms with E-state index in [2.05, 4.69) is 51.6 Å². The Balaban J connectivity index is 1.38. The van der Waals surface area contributed by atoms with E-state index < -0.39 is 0 Å². The molecule has 2 fully saturated rings. The first kappa shape index (κ1) is 28.3. The molecule has 3 atom stereocenters. The van der Waals surface area contributed by atoms with Crippen molar-refractivity contribution in [3.8, 4) is 0 Å². The van der Waals surface area contributed by atoms with Crippen LogP contribution in [-0.2, 0) is 9.59 Å². The molecule has 7 heteroatoms. The highest BCUT2D eigenvalue weighted by Gasteiger charge is 2.32. The van der Waals surface area contributed by atoms with Gasteiger partial charge in [-0.1, -0.05) is 61.0 Å². The predicted molar refractivity (Wildman–Crippen MR) is 155 cm³/mol. The summed E-state index contributed by atoms with van der Waals surface area (Å²) in [6.45, 7) is 7.27. The number of amides is 2. The van der Waals surface area contributed by atoms with E-state index in [0.29, 0.717) is 24.0 Å². The molecule has 2 amide bonds. The van der Waals surface area contributed by atoms with Gasteiger partial charge < -0.3 is 20.4 Å². The van der Waals surface area contributed by atoms with Gasteiger partial charge in [-0.15, -0.1) is 0 Å². The maximum Gasteiger partial charge on any atom is 0.244 e. The largest absolute Gasteiger partial charge is 0.351 e. The predicted octanol–water partition coefficient (Wildman–Crippen LogP) is 4.71. The average Bonchev–Trinajstić information content (AvgIpc) is 3.42. The molecule has 2 saturated heterocycles.